The minimum atomic E-state index is -5.06. The van der Waals surface area contributed by atoms with Gasteiger partial charge in [-0.15, -0.1) is 0 Å². The Bertz CT molecular complexity index is 1290. The second-order valence-electron chi connectivity index (χ2n) is 10.1. The van der Waals surface area contributed by atoms with Crippen molar-refractivity contribution in [1.82, 2.24) is 4.90 Å². The van der Waals surface area contributed by atoms with E-state index in [2.05, 4.69) is 4.90 Å². The second-order valence-corrected chi connectivity index (χ2v) is 10.5. The molecule has 0 aromatic heterocycles. The lowest BCUT2D eigenvalue weighted by Crippen LogP contribution is -2.50. The number of fused-ring (bicyclic) bond motifs is 1. The molecule has 3 aliphatic rings. The van der Waals surface area contributed by atoms with Crippen molar-refractivity contribution in [3.05, 3.63) is 57.9 Å². The fourth-order valence-corrected chi connectivity index (χ4v) is 6.33. The van der Waals surface area contributed by atoms with Crippen molar-refractivity contribution in [1.29, 1.82) is 0 Å². The molecule has 39 heavy (non-hydrogen) atoms. The zero-order valence-corrected chi connectivity index (χ0v) is 22.2. The van der Waals surface area contributed by atoms with Gasteiger partial charge < -0.3 is 19.6 Å². The third-order valence-electron chi connectivity index (χ3n) is 7.99. The summed E-state index contributed by atoms with van der Waals surface area (Å²) >= 11 is 6.20. The molecule has 2 aliphatic heterocycles. The number of benzene rings is 2. The molecular formula is C27H28ClF4N3O4. The lowest BCUT2D eigenvalue weighted by Gasteiger charge is -2.43. The van der Waals surface area contributed by atoms with Gasteiger partial charge in [-0.1, -0.05) is 31.5 Å². The lowest BCUT2D eigenvalue weighted by molar-refractivity contribution is -0.142. The zero-order valence-electron chi connectivity index (χ0n) is 21.4. The van der Waals surface area contributed by atoms with Crippen molar-refractivity contribution in [3.63, 3.8) is 0 Å². The summed E-state index contributed by atoms with van der Waals surface area (Å²) in [6.45, 7) is 5.79. The third-order valence-corrected chi connectivity index (χ3v) is 8.31. The molecule has 1 saturated heterocycles. The van der Waals surface area contributed by atoms with E-state index >= 15 is 4.39 Å². The molecule has 1 aliphatic carbocycles. The van der Waals surface area contributed by atoms with Crippen LogP contribution in [-0.2, 0) is 21.3 Å². The summed E-state index contributed by atoms with van der Waals surface area (Å²) in [5, 5.41) is 11.5. The highest BCUT2D eigenvalue weighted by Gasteiger charge is 2.58. The van der Waals surface area contributed by atoms with Gasteiger partial charge in [0.05, 0.1) is 28.4 Å². The molecule has 2 aromatic rings. The molecule has 2 aromatic carbocycles. The van der Waals surface area contributed by atoms with E-state index in [4.69, 9.17) is 16.3 Å². The Morgan fingerprint density at radius 2 is 1.85 bits per heavy atom. The van der Waals surface area contributed by atoms with Crippen molar-refractivity contribution in [2.75, 3.05) is 42.6 Å². The Morgan fingerprint density at radius 1 is 1.15 bits per heavy atom. The summed E-state index contributed by atoms with van der Waals surface area (Å²) in [4.78, 5) is 30.6. The topological polar surface area (TPSA) is 73.3 Å². The number of carbonyl (C=O) groups is 2. The van der Waals surface area contributed by atoms with Crippen LogP contribution in [0.25, 0.3) is 0 Å². The summed E-state index contributed by atoms with van der Waals surface area (Å²) < 4.78 is 63.8. The standard InChI is InChI=1S/C27H28ClF4N3O4/c1-3-33(4-2)16-10-15(11-16)14-35-21-13-17(34-8-9-39-25(34)37)12-18(27(30,31)32)22(21)26(38,24(35)36)23-19(28)6-5-7-20(23)29/h5-7,12-13,15-16,38H,3-4,8-11,14H2,1-2H3/t15?,16?,26-/m0/s1. The average Bonchev–Trinajstić information content (AvgIpc) is 3.37. The largest absolute Gasteiger partial charge is 0.447 e. The first-order valence-corrected chi connectivity index (χ1v) is 13.2. The number of aliphatic hydroxyl groups is 1. The summed E-state index contributed by atoms with van der Waals surface area (Å²) in [5.74, 6) is -2.29. The van der Waals surface area contributed by atoms with Crippen LogP contribution in [0.15, 0.2) is 30.3 Å². The second kappa shape index (κ2) is 9.94. The number of anilines is 2. The van der Waals surface area contributed by atoms with Crippen LogP contribution < -0.4 is 9.80 Å². The van der Waals surface area contributed by atoms with Crippen molar-refractivity contribution in [2.24, 2.45) is 5.92 Å². The number of alkyl halides is 3. The Hall–Kier alpha value is -2.89. The van der Waals surface area contributed by atoms with Gasteiger partial charge in [0.2, 0.25) is 5.60 Å². The molecule has 7 nitrogen and oxygen atoms in total. The van der Waals surface area contributed by atoms with E-state index in [0.29, 0.717) is 18.9 Å². The summed E-state index contributed by atoms with van der Waals surface area (Å²) in [7, 11) is 0. The third kappa shape index (κ3) is 4.44. The first-order valence-electron chi connectivity index (χ1n) is 12.8. The molecule has 1 atom stereocenters. The Balaban J connectivity index is 1.67. The molecule has 12 heteroatoms. The van der Waals surface area contributed by atoms with Gasteiger partial charge in [-0.05, 0) is 56.1 Å². The van der Waals surface area contributed by atoms with Gasteiger partial charge in [-0.3, -0.25) is 9.69 Å². The number of halogens is 5. The smallest absolute Gasteiger partial charge is 0.416 e. The van der Waals surface area contributed by atoms with Crippen LogP contribution in [-0.4, -0.2) is 60.8 Å². The van der Waals surface area contributed by atoms with Gasteiger partial charge >= 0.3 is 12.3 Å². The maximum absolute atomic E-state index is 15.1. The molecule has 5 rings (SSSR count). The van der Waals surface area contributed by atoms with Crippen molar-refractivity contribution in [3.8, 4) is 0 Å². The van der Waals surface area contributed by atoms with Gasteiger partial charge in [0.15, 0.2) is 0 Å². The van der Waals surface area contributed by atoms with Crippen LogP contribution in [0, 0.1) is 11.7 Å². The van der Waals surface area contributed by atoms with E-state index < -0.39 is 46.3 Å². The van der Waals surface area contributed by atoms with E-state index in [1.165, 1.54) is 18.2 Å². The van der Waals surface area contributed by atoms with Gasteiger partial charge in [-0.25, -0.2) is 9.18 Å². The zero-order chi connectivity index (χ0) is 28.3. The van der Waals surface area contributed by atoms with Crippen molar-refractivity contribution < 1.29 is 37.0 Å². The van der Waals surface area contributed by atoms with Gasteiger partial charge in [0.25, 0.3) is 5.91 Å². The van der Waals surface area contributed by atoms with Crippen LogP contribution in [0.4, 0.5) is 33.7 Å². The van der Waals surface area contributed by atoms with Crippen LogP contribution in [0.2, 0.25) is 5.02 Å². The highest BCUT2D eigenvalue weighted by Crippen LogP contribution is 2.54. The molecule has 1 N–H and O–H groups in total. The molecule has 0 radical (unpaired) electrons. The molecule has 2 heterocycles. The summed E-state index contributed by atoms with van der Waals surface area (Å²) in [6, 6.07) is 5.58. The fraction of sp³-hybridized carbons (Fsp3) is 0.481. The lowest BCUT2D eigenvalue weighted by atomic mass is 9.78. The number of hydrogen-bond acceptors (Lipinski definition) is 5. The number of nitrogens with zero attached hydrogens (tertiary/aromatic N) is 3. The molecule has 2 fully saturated rings. The molecule has 1 saturated carbocycles. The molecule has 0 spiro atoms. The molecular weight excluding hydrogens is 542 g/mol. The van der Waals surface area contributed by atoms with E-state index in [9.17, 15) is 27.9 Å². The van der Waals surface area contributed by atoms with Crippen LogP contribution in [0.3, 0.4) is 0 Å². The number of amides is 2. The van der Waals surface area contributed by atoms with Gasteiger partial charge in [-0.2, -0.15) is 13.2 Å². The van der Waals surface area contributed by atoms with E-state index in [1.54, 1.807) is 0 Å². The number of ether oxygens (including phenoxy) is 1. The number of cyclic esters (lactones) is 1. The Morgan fingerprint density at radius 3 is 2.41 bits per heavy atom. The highest BCUT2D eigenvalue weighted by molar-refractivity contribution is 6.32. The first kappa shape index (κ1) is 27.7. The van der Waals surface area contributed by atoms with Crippen molar-refractivity contribution >= 4 is 35.0 Å². The molecule has 0 bridgehead atoms. The van der Waals surface area contributed by atoms with Crippen LogP contribution >= 0.6 is 11.6 Å². The number of hydrogen-bond donors (Lipinski definition) is 1. The van der Waals surface area contributed by atoms with E-state index in [-0.39, 0.29) is 48.1 Å². The Labute approximate surface area is 227 Å². The Kier molecular flexibility index (Phi) is 7.05. The van der Waals surface area contributed by atoms with Crippen LogP contribution in [0.5, 0.6) is 0 Å². The minimum Gasteiger partial charge on any atom is -0.447 e. The van der Waals surface area contributed by atoms with Gasteiger partial charge in [0, 0.05) is 23.8 Å². The maximum Gasteiger partial charge on any atom is 0.416 e. The fourth-order valence-electron chi connectivity index (χ4n) is 6.03. The summed E-state index contributed by atoms with van der Waals surface area (Å²) in [5.41, 5.74) is -6.31. The van der Waals surface area contributed by atoms with Crippen molar-refractivity contribution in [2.45, 2.75) is 44.5 Å². The van der Waals surface area contributed by atoms with E-state index in [0.717, 1.165) is 29.0 Å². The summed E-state index contributed by atoms with van der Waals surface area (Å²) in [6.07, 6.45) is -4.46. The minimum absolute atomic E-state index is 0.0104. The first-order chi connectivity index (χ1) is 18.4. The molecule has 0 unspecified atom stereocenters. The number of carbonyl (C=O) groups excluding carboxylic acids is 2. The van der Waals surface area contributed by atoms with E-state index in [1.807, 2.05) is 13.8 Å². The predicted molar refractivity (Wildman–Crippen MR) is 136 cm³/mol. The predicted octanol–water partition coefficient (Wildman–Crippen LogP) is 5.16. The average molecular weight is 570 g/mol. The maximum atomic E-state index is 15.1. The van der Waals surface area contributed by atoms with Gasteiger partial charge in [0.1, 0.15) is 12.4 Å². The molecule has 210 valence electrons. The SMILES string of the molecule is CCN(CC)C1CC(CN2C(=O)[C@@](O)(c3c(F)cccc3Cl)c3c2cc(N2CCOC2=O)cc3C(F)(F)F)C1. The quantitative estimate of drug-likeness (QED) is 0.467. The normalized spacial score (nSPS) is 24.8. The number of rotatable bonds is 7. The molecule has 2 amide bonds. The highest BCUT2D eigenvalue weighted by atomic mass is 35.5. The van der Waals surface area contributed by atoms with Crippen LogP contribution in [0.1, 0.15) is 43.4 Å². The monoisotopic (exact) mass is 569 g/mol.